The van der Waals surface area contributed by atoms with E-state index in [-0.39, 0.29) is 16.8 Å². The van der Waals surface area contributed by atoms with Crippen LogP contribution in [0.4, 0.5) is 0 Å². The molecular formula is C20H17N2O3-. The largest absolute Gasteiger partial charge is 0.545 e. The Labute approximate surface area is 144 Å². The van der Waals surface area contributed by atoms with Gasteiger partial charge in [0.15, 0.2) is 0 Å². The van der Waals surface area contributed by atoms with Gasteiger partial charge in [-0.25, -0.2) is 4.98 Å². The Morgan fingerprint density at radius 3 is 2.64 bits per heavy atom. The minimum atomic E-state index is -1.27. The molecule has 25 heavy (non-hydrogen) atoms. The van der Waals surface area contributed by atoms with Crippen molar-refractivity contribution >= 4 is 29.2 Å². The molecule has 0 aliphatic rings. The second-order valence-electron chi connectivity index (χ2n) is 5.73. The summed E-state index contributed by atoms with van der Waals surface area (Å²) in [5.74, 6) is -1.27. The van der Waals surface area contributed by atoms with Crippen LogP contribution in [0.3, 0.4) is 0 Å². The fourth-order valence-electron chi connectivity index (χ4n) is 2.76. The zero-order valence-corrected chi connectivity index (χ0v) is 14.0. The third kappa shape index (κ3) is 3.21. The van der Waals surface area contributed by atoms with E-state index in [0.29, 0.717) is 17.6 Å². The van der Waals surface area contributed by atoms with Gasteiger partial charge in [-0.3, -0.25) is 4.79 Å². The second kappa shape index (κ2) is 6.73. The van der Waals surface area contributed by atoms with Gasteiger partial charge in [0.1, 0.15) is 5.69 Å². The van der Waals surface area contributed by atoms with Gasteiger partial charge in [0.25, 0.3) is 5.56 Å². The number of hydrogen-bond donors (Lipinski definition) is 0. The molecule has 0 saturated heterocycles. The van der Waals surface area contributed by atoms with Crippen molar-refractivity contribution in [3.8, 4) is 0 Å². The molecule has 0 radical (unpaired) electrons. The molecule has 0 spiro atoms. The molecule has 0 aliphatic carbocycles. The number of aryl methyl sites for hydroxylation is 2. The Balaban J connectivity index is 2.17. The van der Waals surface area contributed by atoms with Crippen LogP contribution in [-0.2, 0) is 6.54 Å². The summed E-state index contributed by atoms with van der Waals surface area (Å²) in [7, 11) is 0. The van der Waals surface area contributed by atoms with E-state index in [4.69, 9.17) is 0 Å². The summed E-state index contributed by atoms with van der Waals surface area (Å²) in [6, 6.07) is 12.3. The van der Waals surface area contributed by atoms with Crippen molar-refractivity contribution in [1.82, 2.24) is 9.55 Å². The highest BCUT2D eigenvalue weighted by atomic mass is 16.4. The number of carboxylic acids is 1. The molecule has 0 N–H and O–H groups in total. The molecule has 1 aromatic heterocycles. The number of carbonyl (C=O) groups excluding carboxylic acids is 1. The summed E-state index contributed by atoms with van der Waals surface area (Å²) in [5.41, 5.74) is 3.24. The third-order valence-corrected chi connectivity index (χ3v) is 4.13. The fraction of sp³-hybridized carbons (Fsp3) is 0.150. The molecule has 3 rings (SSSR count). The van der Waals surface area contributed by atoms with Gasteiger partial charge < -0.3 is 14.5 Å². The molecule has 0 unspecified atom stereocenters. The van der Waals surface area contributed by atoms with Crippen molar-refractivity contribution in [3.63, 3.8) is 0 Å². The molecule has 0 amide bonds. The average Bonchev–Trinajstić information content (AvgIpc) is 2.60. The Morgan fingerprint density at radius 1 is 1.20 bits per heavy atom. The quantitative estimate of drug-likeness (QED) is 0.734. The Morgan fingerprint density at radius 2 is 1.96 bits per heavy atom. The summed E-state index contributed by atoms with van der Waals surface area (Å²) in [5, 5.41) is 11.1. The number of aromatic nitrogens is 2. The number of aromatic carboxylic acids is 1. The molecule has 0 fully saturated rings. The first-order valence-electron chi connectivity index (χ1n) is 8.01. The van der Waals surface area contributed by atoms with Crippen LogP contribution in [0.5, 0.6) is 0 Å². The van der Waals surface area contributed by atoms with Gasteiger partial charge in [0.2, 0.25) is 0 Å². The molecule has 1 heterocycles. The molecule has 3 aromatic rings. The second-order valence-corrected chi connectivity index (χ2v) is 5.73. The van der Waals surface area contributed by atoms with Crippen molar-refractivity contribution in [2.24, 2.45) is 0 Å². The van der Waals surface area contributed by atoms with Gasteiger partial charge in [-0.2, -0.15) is 0 Å². The Hall–Kier alpha value is -3.21. The number of rotatable bonds is 4. The van der Waals surface area contributed by atoms with E-state index in [2.05, 4.69) is 4.98 Å². The van der Waals surface area contributed by atoms with Crippen molar-refractivity contribution in [3.05, 3.63) is 75.2 Å². The van der Waals surface area contributed by atoms with Gasteiger partial charge in [-0.1, -0.05) is 36.4 Å². The molecule has 0 bridgehead atoms. The normalized spacial score (nSPS) is 11.3. The predicted octanol–water partition coefficient (Wildman–Crippen LogP) is 2.26. The van der Waals surface area contributed by atoms with Gasteiger partial charge in [-0.15, -0.1) is 0 Å². The molecule has 126 valence electrons. The number of fused-ring (bicyclic) bond motifs is 1. The first kappa shape index (κ1) is 16.6. The van der Waals surface area contributed by atoms with Crippen molar-refractivity contribution in [1.29, 1.82) is 0 Å². The van der Waals surface area contributed by atoms with Crippen LogP contribution in [0, 0.1) is 6.92 Å². The maximum atomic E-state index is 12.7. The van der Waals surface area contributed by atoms with E-state index < -0.39 is 5.97 Å². The van der Waals surface area contributed by atoms with E-state index in [1.807, 2.05) is 44.2 Å². The lowest BCUT2D eigenvalue weighted by atomic mass is 10.1. The van der Waals surface area contributed by atoms with Crippen molar-refractivity contribution in [2.45, 2.75) is 20.4 Å². The van der Waals surface area contributed by atoms with E-state index in [1.165, 1.54) is 12.1 Å². The maximum Gasteiger partial charge on any atom is 0.276 e. The first-order valence-corrected chi connectivity index (χ1v) is 8.01. The lowest BCUT2D eigenvalue weighted by molar-refractivity contribution is -0.255. The zero-order chi connectivity index (χ0) is 18.0. The molecule has 0 aliphatic heterocycles. The van der Waals surface area contributed by atoms with Crippen LogP contribution in [0.1, 0.15) is 34.1 Å². The average molecular weight is 333 g/mol. The van der Waals surface area contributed by atoms with Crippen LogP contribution >= 0.6 is 0 Å². The molecular weight excluding hydrogens is 316 g/mol. The van der Waals surface area contributed by atoms with Crippen LogP contribution in [0.2, 0.25) is 0 Å². The third-order valence-electron chi connectivity index (χ3n) is 4.13. The lowest BCUT2D eigenvalue weighted by Crippen LogP contribution is -2.25. The molecule has 5 nitrogen and oxygen atoms in total. The van der Waals surface area contributed by atoms with Crippen LogP contribution < -0.4 is 10.7 Å². The van der Waals surface area contributed by atoms with Crippen LogP contribution in [0.15, 0.2) is 47.3 Å². The van der Waals surface area contributed by atoms with Crippen LogP contribution in [-0.4, -0.2) is 15.5 Å². The highest BCUT2D eigenvalue weighted by Gasteiger charge is 2.09. The predicted molar refractivity (Wildman–Crippen MR) is 96.1 cm³/mol. The zero-order valence-electron chi connectivity index (χ0n) is 14.0. The minimum absolute atomic E-state index is 0.0372. The maximum absolute atomic E-state index is 12.7. The fourth-order valence-corrected chi connectivity index (χ4v) is 2.76. The number of nitrogens with zero attached hydrogens (tertiary/aromatic N) is 2. The smallest absolute Gasteiger partial charge is 0.276 e. The molecule has 0 saturated carbocycles. The summed E-state index contributed by atoms with van der Waals surface area (Å²) in [6.07, 6.45) is 3.51. The van der Waals surface area contributed by atoms with Gasteiger partial charge in [0, 0.05) is 6.54 Å². The van der Waals surface area contributed by atoms with Gasteiger partial charge in [-0.05, 0) is 48.7 Å². The highest BCUT2D eigenvalue weighted by Crippen LogP contribution is 2.15. The summed E-state index contributed by atoms with van der Waals surface area (Å²) in [6.45, 7) is 4.32. The SMILES string of the molecule is CCn1c(=O)c(/C=C/c2ccccc2C)nc2cc(C(=O)[O-])ccc21. The monoisotopic (exact) mass is 333 g/mol. The van der Waals surface area contributed by atoms with E-state index in [1.54, 1.807) is 16.7 Å². The number of hydrogen-bond acceptors (Lipinski definition) is 4. The van der Waals surface area contributed by atoms with Crippen LogP contribution in [0.25, 0.3) is 23.2 Å². The van der Waals surface area contributed by atoms with E-state index in [0.717, 1.165) is 11.1 Å². The topological polar surface area (TPSA) is 75.0 Å². The summed E-state index contributed by atoms with van der Waals surface area (Å²) < 4.78 is 1.58. The number of carboxylic acid groups (broad SMARTS) is 1. The van der Waals surface area contributed by atoms with Crippen molar-refractivity contribution < 1.29 is 9.90 Å². The van der Waals surface area contributed by atoms with Crippen molar-refractivity contribution in [2.75, 3.05) is 0 Å². The Kier molecular flexibility index (Phi) is 4.48. The number of carbonyl (C=O) groups is 1. The summed E-state index contributed by atoms with van der Waals surface area (Å²) >= 11 is 0. The first-order chi connectivity index (χ1) is 12.0. The summed E-state index contributed by atoms with van der Waals surface area (Å²) in [4.78, 5) is 28.1. The van der Waals surface area contributed by atoms with Gasteiger partial charge in [0.05, 0.1) is 17.0 Å². The standard InChI is InChI=1S/C20H18N2O3/c1-3-22-18-11-9-15(20(24)25)12-17(18)21-16(19(22)23)10-8-14-7-5-4-6-13(14)2/h4-12H,3H2,1-2H3,(H,24,25)/p-1/b10-8+. The van der Waals surface area contributed by atoms with E-state index in [9.17, 15) is 14.7 Å². The lowest BCUT2D eigenvalue weighted by Gasteiger charge is -2.10. The number of benzene rings is 2. The molecule has 5 heteroatoms. The highest BCUT2D eigenvalue weighted by molar-refractivity contribution is 5.91. The minimum Gasteiger partial charge on any atom is -0.545 e. The van der Waals surface area contributed by atoms with Gasteiger partial charge >= 0.3 is 0 Å². The van der Waals surface area contributed by atoms with E-state index >= 15 is 0 Å². The molecule has 2 aromatic carbocycles. The Bertz CT molecular complexity index is 1050. The molecule has 0 atom stereocenters.